The van der Waals surface area contributed by atoms with E-state index in [1.807, 2.05) is 0 Å². The third-order valence-electron chi connectivity index (χ3n) is 5.04. The molecule has 0 unspecified atom stereocenters. The first kappa shape index (κ1) is 13.5. The summed E-state index contributed by atoms with van der Waals surface area (Å²) in [5.41, 5.74) is 11.2. The van der Waals surface area contributed by atoms with Crippen molar-refractivity contribution in [3.8, 4) is 0 Å². The Morgan fingerprint density at radius 2 is 1.90 bits per heavy atom. The molecule has 0 radical (unpaired) electrons. The van der Waals surface area contributed by atoms with E-state index in [-0.39, 0.29) is 0 Å². The van der Waals surface area contributed by atoms with E-state index in [1.54, 1.807) is 0 Å². The number of hydrogen-bond acceptors (Lipinski definition) is 5. The van der Waals surface area contributed by atoms with Gasteiger partial charge in [0, 0.05) is 30.9 Å². The average Bonchev–Trinajstić information content (AvgIpc) is 3.00. The average molecular weight is 289 g/mol. The summed E-state index contributed by atoms with van der Waals surface area (Å²) < 4.78 is 11.0. The number of ether oxygens (including phenoxy) is 2. The number of rotatable bonds is 2. The van der Waals surface area contributed by atoms with E-state index in [0.29, 0.717) is 19.0 Å². The van der Waals surface area contributed by atoms with Gasteiger partial charge in [0.05, 0.1) is 26.4 Å². The summed E-state index contributed by atoms with van der Waals surface area (Å²) in [5, 5.41) is 0. The minimum Gasteiger partial charge on any atom is -0.383 e. The molecule has 0 spiro atoms. The zero-order chi connectivity index (χ0) is 14.2. The Bertz CT molecular complexity index is 541. The first-order valence-electron chi connectivity index (χ1n) is 7.98. The number of hydrogen-bond donors (Lipinski definition) is 1. The van der Waals surface area contributed by atoms with Crippen LogP contribution in [-0.4, -0.2) is 42.7 Å². The highest BCUT2D eigenvalue weighted by molar-refractivity contribution is 5.52. The molecular formula is C16H23N3O2. The molecule has 1 aromatic rings. The fourth-order valence-electron chi connectivity index (χ4n) is 3.87. The third kappa shape index (κ3) is 2.54. The molecule has 1 atom stereocenters. The van der Waals surface area contributed by atoms with Gasteiger partial charge >= 0.3 is 0 Å². The first-order chi connectivity index (χ1) is 10.3. The number of aromatic nitrogens is 1. The molecule has 0 aromatic carbocycles. The second-order valence-electron chi connectivity index (χ2n) is 6.39. The van der Waals surface area contributed by atoms with Gasteiger partial charge in [-0.15, -0.1) is 0 Å². The van der Waals surface area contributed by atoms with Crippen LogP contribution in [0.3, 0.4) is 0 Å². The minimum atomic E-state index is 0.635. The van der Waals surface area contributed by atoms with Crippen molar-refractivity contribution in [2.45, 2.75) is 32.5 Å². The zero-order valence-electron chi connectivity index (χ0n) is 12.4. The predicted octanol–water partition coefficient (Wildman–Crippen LogP) is 1.13. The molecule has 1 fully saturated rings. The lowest BCUT2D eigenvalue weighted by Crippen LogP contribution is -2.40. The van der Waals surface area contributed by atoms with Crippen molar-refractivity contribution < 1.29 is 9.47 Å². The van der Waals surface area contributed by atoms with Gasteiger partial charge in [-0.05, 0) is 36.3 Å². The number of nitrogens with zero attached hydrogens (tertiary/aromatic N) is 2. The highest BCUT2D eigenvalue weighted by Crippen LogP contribution is 2.35. The van der Waals surface area contributed by atoms with Crippen molar-refractivity contribution in [1.82, 2.24) is 9.88 Å². The lowest BCUT2D eigenvalue weighted by Gasteiger charge is -2.33. The van der Waals surface area contributed by atoms with E-state index in [2.05, 4.69) is 9.88 Å². The largest absolute Gasteiger partial charge is 0.383 e. The summed E-state index contributed by atoms with van der Waals surface area (Å²) in [6, 6.07) is 0. The van der Waals surface area contributed by atoms with Crippen LogP contribution in [0.1, 0.15) is 28.8 Å². The van der Waals surface area contributed by atoms with Gasteiger partial charge in [0.2, 0.25) is 0 Å². The van der Waals surface area contributed by atoms with Gasteiger partial charge in [-0.2, -0.15) is 0 Å². The number of aryl methyl sites for hydroxylation is 1. The number of pyridine rings is 1. The van der Waals surface area contributed by atoms with Gasteiger partial charge in [0.1, 0.15) is 5.82 Å². The lowest BCUT2D eigenvalue weighted by atomic mass is 9.83. The molecule has 3 heterocycles. The third-order valence-corrected chi connectivity index (χ3v) is 5.04. The molecule has 0 amide bonds. The molecule has 1 aromatic heterocycles. The summed E-state index contributed by atoms with van der Waals surface area (Å²) in [7, 11) is 0. The quantitative estimate of drug-likeness (QED) is 0.884. The van der Waals surface area contributed by atoms with Crippen molar-refractivity contribution in [3.05, 3.63) is 22.4 Å². The van der Waals surface area contributed by atoms with Crippen LogP contribution in [-0.2, 0) is 35.5 Å². The molecule has 2 aliphatic heterocycles. The maximum Gasteiger partial charge on any atom is 0.129 e. The van der Waals surface area contributed by atoms with Gasteiger partial charge < -0.3 is 15.2 Å². The highest BCUT2D eigenvalue weighted by Gasteiger charge is 2.29. The second-order valence-corrected chi connectivity index (χ2v) is 6.39. The van der Waals surface area contributed by atoms with Crippen LogP contribution in [0.4, 0.5) is 5.82 Å². The normalized spacial score (nSPS) is 25.6. The van der Waals surface area contributed by atoms with Crippen LogP contribution in [0, 0.1) is 5.92 Å². The fourth-order valence-corrected chi connectivity index (χ4v) is 3.87. The molecule has 5 heteroatoms. The number of morpholine rings is 1. The van der Waals surface area contributed by atoms with Crippen LogP contribution in [0.5, 0.6) is 0 Å². The van der Waals surface area contributed by atoms with E-state index in [0.717, 1.165) is 50.6 Å². The summed E-state index contributed by atoms with van der Waals surface area (Å²) in [4.78, 5) is 7.17. The molecule has 0 saturated carbocycles. The zero-order valence-corrected chi connectivity index (χ0v) is 12.4. The van der Waals surface area contributed by atoms with Crippen molar-refractivity contribution in [1.29, 1.82) is 0 Å². The molecule has 2 N–H and O–H groups in total. The van der Waals surface area contributed by atoms with Crippen molar-refractivity contribution in [2.24, 2.45) is 5.92 Å². The summed E-state index contributed by atoms with van der Waals surface area (Å²) in [5.74, 6) is 1.42. The molecule has 0 bridgehead atoms. The van der Waals surface area contributed by atoms with Gasteiger partial charge in [-0.25, -0.2) is 4.98 Å². The van der Waals surface area contributed by atoms with Crippen LogP contribution in [0.15, 0.2) is 0 Å². The van der Waals surface area contributed by atoms with Crippen LogP contribution in [0.2, 0.25) is 0 Å². The molecule has 21 heavy (non-hydrogen) atoms. The van der Waals surface area contributed by atoms with E-state index in [1.165, 1.54) is 29.8 Å². The molecule has 4 rings (SSSR count). The topological polar surface area (TPSA) is 60.6 Å². The van der Waals surface area contributed by atoms with Crippen molar-refractivity contribution >= 4 is 5.82 Å². The molecule has 3 aliphatic rings. The summed E-state index contributed by atoms with van der Waals surface area (Å²) in [6.07, 6.45) is 3.41. The van der Waals surface area contributed by atoms with Crippen LogP contribution in [0.25, 0.3) is 0 Å². The first-order valence-corrected chi connectivity index (χ1v) is 7.98. The van der Waals surface area contributed by atoms with Crippen molar-refractivity contribution in [2.75, 3.05) is 38.6 Å². The monoisotopic (exact) mass is 289 g/mol. The SMILES string of the molecule is Nc1nc2c(c3c1COC3)C[C@@H](CN1CCOCC1)CC2. The maximum absolute atomic E-state index is 6.07. The Morgan fingerprint density at radius 1 is 1.10 bits per heavy atom. The van der Waals surface area contributed by atoms with Gasteiger partial charge in [-0.1, -0.05) is 0 Å². The van der Waals surface area contributed by atoms with Crippen LogP contribution < -0.4 is 5.73 Å². The summed E-state index contributed by atoms with van der Waals surface area (Å²) >= 11 is 0. The van der Waals surface area contributed by atoms with E-state index in [9.17, 15) is 0 Å². The molecule has 114 valence electrons. The van der Waals surface area contributed by atoms with E-state index in [4.69, 9.17) is 15.2 Å². The standard InChI is InChI=1S/C16H23N3O2/c17-16-14-10-21-9-13(14)12-7-11(1-2-15(12)18-16)8-19-3-5-20-6-4-19/h11H,1-10H2,(H2,17,18)/t11-/m0/s1. The Hall–Kier alpha value is -1.17. The molecule has 1 saturated heterocycles. The number of anilines is 1. The van der Waals surface area contributed by atoms with Crippen molar-refractivity contribution in [3.63, 3.8) is 0 Å². The lowest BCUT2D eigenvalue weighted by molar-refractivity contribution is 0.0296. The Labute approximate surface area is 125 Å². The van der Waals surface area contributed by atoms with E-state index >= 15 is 0 Å². The van der Waals surface area contributed by atoms with Gasteiger partial charge in [0.15, 0.2) is 0 Å². The van der Waals surface area contributed by atoms with Gasteiger partial charge in [0.25, 0.3) is 0 Å². The van der Waals surface area contributed by atoms with Gasteiger partial charge in [-0.3, -0.25) is 4.90 Å². The highest BCUT2D eigenvalue weighted by atomic mass is 16.5. The Kier molecular flexibility index (Phi) is 3.57. The number of fused-ring (bicyclic) bond motifs is 3. The molecule has 5 nitrogen and oxygen atoms in total. The van der Waals surface area contributed by atoms with Crippen LogP contribution >= 0.6 is 0 Å². The van der Waals surface area contributed by atoms with E-state index < -0.39 is 0 Å². The number of nitrogens with two attached hydrogens (primary N) is 1. The summed E-state index contributed by atoms with van der Waals surface area (Å²) in [6.45, 7) is 6.44. The second kappa shape index (κ2) is 5.55. The maximum atomic E-state index is 6.07. The molecule has 1 aliphatic carbocycles. The Balaban J connectivity index is 1.53. The molecular weight excluding hydrogens is 266 g/mol. The smallest absolute Gasteiger partial charge is 0.129 e. The predicted molar refractivity (Wildman–Crippen MR) is 79.9 cm³/mol. The Morgan fingerprint density at radius 3 is 2.76 bits per heavy atom. The number of nitrogen functional groups attached to an aromatic ring is 1. The minimum absolute atomic E-state index is 0.635. The fraction of sp³-hybridized carbons (Fsp3) is 0.688.